The number of hydrogen-bond acceptors (Lipinski definition) is 2. The molecule has 1 amide bonds. The number of rotatable bonds is 4. The second kappa shape index (κ2) is 6.01. The summed E-state index contributed by atoms with van der Waals surface area (Å²) in [4.78, 5) is 14.0. The van der Waals surface area contributed by atoms with Gasteiger partial charge in [0.05, 0.1) is 0 Å². The van der Waals surface area contributed by atoms with E-state index >= 15 is 0 Å². The van der Waals surface area contributed by atoms with Crippen LogP contribution in [0.15, 0.2) is 30.3 Å². The fraction of sp³-hybridized carbons (Fsp3) is 0.533. The van der Waals surface area contributed by atoms with Crippen molar-refractivity contribution >= 4 is 5.91 Å². The molecular weight excluding hydrogens is 224 g/mol. The van der Waals surface area contributed by atoms with Crippen LogP contribution in [0.4, 0.5) is 0 Å². The van der Waals surface area contributed by atoms with E-state index in [-0.39, 0.29) is 11.9 Å². The number of aryl methyl sites for hydroxylation is 1. The molecule has 1 aromatic carbocycles. The minimum absolute atomic E-state index is 0.192. The number of benzene rings is 1. The summed E-state index contributed by atoms with van der Waals surface area (Å²) >= 11 is 0. The number of nitrogens with zero attached hydrogens (tertiary/aromatic N) is 1. The standard InChI is InChI=1S/C15H22N2O/c1-12(16)14-9-10-17(11-14)15(18)8-7-13-5-3-2-4-6-13/h2-6,12,14H,7-11,16H2,1H3. The second-order valence-corrected chi connectivity index (χ2v) is 5.23. The summed E-state index contributed by atoms with van der Waals surface area (Å²) < 4.78 is 0. The van der Waals surface area contributed by atoms with Crippen molar-refractivity contribution < 1.29 is 4.79 Å². The second-order valence-electron chi connectivity index (χ2n) is 5.23. The Balaban J connectivity index is 1.79. The molecule has 0 bridgehead atoms. The molecule has 0 aromatic heterocycles. The van der Waals surface area contributed by atoms with Gasteiger partial charge < -0.3 is 10.6 Å². The lowest BCUT2D eigenvalue weighted by atomic mass is 10.0. The predicted molar refractivity (Wildman–Crippen MR) is 73.1 cm³/mol. The van der Waals surface area contributed by atoms with Crippen LogP contribution in [0.1, 0.15) is 25.3 Å². The number of carbonyl (C=O) groups excluding carboxylic acids is 1. The first-order chi connectivity index (χ1) is 8.66. The van der Waals surface area contributed by atoms with Crippen molar-refractivity contribution in [3.8, 4) is 0 Å². The molecule has 2 N–H and O–H groups in total. The van der Waals surface area contributed by atoms with Gasteiger partial charge in [0.15, 0.2) is 0 Å². The van der Waals surface area contributed by atoms with Gasteiger partial charge in [0, 0.05) is 25.6 Å². The SMILES string of the molecule is CC(N)C1CCN(C(=O)CCc2ccccc2)C1. The normalized spacial score (nSPS) is 21.0. The Kier molecular flexibility index (Phi) is 4.37. The number of amides is 1. The molecule has 1 saturated heterocycles. The van der Waals surface area contributed by atoms with Gasteiger partial charge in [-0.1, -0.05) is 30.3 Å². The van der Waals surface area contributed by atoms with Crippen molar-refractivity contribution in [2.75, 3.05) is 13.1 Å². The zero-order valence-electron chi connectivity index (χ0n) is 11.0. The third-order valence-electron chi connectivity index (χ3n) is 3.79. The average molecular weight is 246 g/mol. The first-order valence-electron chi connectivity index (χ1n) is 6.74. The van der Waals surface area contributed by atoms with Gasteiger partial charge in [0.25, 0.3) is 0 Å². The quantitative estimate of drug-likeness (QED) is 0.880. The van der Waals surface area contributed by atoms with Gasteiger partial charge in [-0.2, -0.15) is 0 Å². The minimum atomic E-state index is 0.192. The van der Waals surface area contributed by atoms with E-state index in [4.69, 9.17) is 5.73 Å². The molecule has 3 heteroatoms. The van der Waals surface area contributed by atoms with Crippen molar-refractivity contribution in [1.82, 2.24) is 4.90 Å². The molecule has 1 fully saturated rings. The summed E-state index contributed by atoms with van der Waals surface area (Å²) in [6.07, 6.45) is 2.49. The molecule has 0 spiro atoms. The van der Waals surface area contributed by atoms with Gasteiger partial charge in [-0.15, -0.1) is 0 Å². The molecule has 2 unspecified atom stereocenters. The first kappa shape index (κ1) is 13.1. The van der Waals surface area contributed by atoms with E-state index < -0.39 is 0 Å². The molecule has 1 aromatic rings. The Labute approximate surface area is 109 Å². The van der Waals surface area contributed by atoms with E-state index in [0.29, 0.717) is 12.3 Å². The maximum absolute atomic E-state index is 12.1. The molecule has 0 radical (unpaired) electrons. The summed E-state index contributed by atoms with van der Waals surface area (Å²) in [5.74, 6) is 0.743. The van der Waals surface area contributed by atoms with Crippen LogP contribution < -0.4 is 5.73 Å². The van der Waals surface area contributed by atoms with Gasteiger partial charge >= 0.3 is 0 Å². The molecule has 2 rings (SSSR count). The Morgan fingerprint density at radius 1 is 1.44 bits per heavy atom. The first-order valence-corrected chi connectivity index (χ1v) is 6.74. The van der Waals surface area contributed by atoms with E-state index in [0.717, 1.165) is 25.9 Å². The zero-order valence-corrected chi connectivity index (χ0v) is 11.0. The van der Waals surface area contributed by atoms with E-state index in [1.165, 1.54) is 5.56 Å². The van der Waals surface area contributed by atoms with Gasteiger partial charge in [-0.05, 0) is 31.2 Å². The van der Waals surface area contributed by atoms with Crippen LogP contribution in [-0.2, 0) is 11.2 Å². The number of nitrogens with two attached hydrogens (primary N) is 1. The molecule has 3 nitrogen and oxygen atoms in total. The van der Waals surface area contributed by atoms with Crippen LogP contribution in [-0.4, -0.2) is 29.9 Å². The Hall–Kier alpha value is -1.35. The van der Waals surface area contributed by atoms with Crippen LogP contribution in [0.2, 0.25) is 0 Å². The van der Waals surface area contributed by atoms with Gasteiger partial charge in [0.1, 0.15) is 0 Å². The van der Waals surface area contributed by atoms with E-state index in [9.17, 15) is 4.79 Å². The van der Waals surface area contributed by atoms with Crippen molar-refractivity contribution in [3.63, 3.8) is 0 Å². The van der Waals surface area contributed by atoms with Crippen molar-refractivity contribution in [1.29, 1.82) is 0 Å². The Morgan fingerprint density at radius 2 is 2.17 bits per heavy atom. The highest BCUT2D eigenvalue weighted by Crippen LogP contribution is 2.19. The van der Waals surface area contributed by atoms with Crippen LogP contribution in [0.3, 0.4) is 0 Å². The fourth-order valence-electron chi connectivity index (χ4n) is 2.50. The van der Waals surface area contributed by atoms with Gasteiger partial charge in [-0.25, -0.2) is 0 Å². The Bertz CT molecular complexity index is 389. The van der Waals surface area contributed by atoms with E-state index in [2.05, 4.69) is 12.1 Å². The summed E-state index contributed by atoms with van der Waals surface area (Å²) in [5, 5.41) is 0. The van der Waals surface area contributed by atoms with Crippen LogP contribution in [0.5, 0.6) is 0 Å². The van der Waals surface area contributed by atoms with Gasteiger partial charge in [-0.3, -0.25) is 4.79 Å². The van der Waals surface area contributed by atoms with Crippen LogP contribution in [0, 0.1) is 5.92 Å². The molecular formula is C15H22N2O. The maximum atomic E-state index is 12.1. The summed E-state index contributed by atoms with van der Waals surface area (Å²) in [6, 6.07) is 10.4. The lowest BCUT2D eigenvalue weighted by Gasteiger charge is -2.18. The minimum Gasteiger partial charge on any atom is -0.342 e. The van der Waals surface area contributed by atoms with Crippen LogP contribution >= 0.6 is 0 Å². The predicted octanol–water partition coefficient (Wildman–Crippen LogP) is 1.81. The van der Waals surface area contributed by atoms with Gasteiger partial charge in [0.2, 0.25) is 5.91 Å². The summed E-state index contributed by atoms with van der Waals surface area (Å²) in [7, 11) is 0. The van der Waals surface area contributed by atoms with Crippen molar-refractivity contribution in [2.45, 2.75) is 32.2 Å². The zero-order chi connectivity index (χ0) is 13.0. The molecule has 1 aliphatic rings. The molecule has 98 valence electrons. The molecule has 2 atom stereocenters. The topological polar surface area (TPSA) is 46.3 Å². The van der Waals surface area contributed by atoms with Crippen LogP contribution in [0.25, 0.3) is 0 Å². The number of likely N-dealkylation sites (tertiary alicyclic amines) is 1. The largest absolute Gasteiger partial charge is 0.342 e. The van der Waals surface area contributed by atoms with Crippen molar-refractivity contribution in [3.05, 3.63) is 35.9 Å². The highest BCUT2D eigenvalue weighted by Gasteiger charge is 2.27. The lowest BCUT2D eigenvalue weighted by molar-refractivity contribution is -0.130. The number of carbonyl (C=O) groups is 1. The molecule has 0 aliphatic carbocycles. The highest BCUT2D eigenvalue weighted by atomic mass is 16.2. The van der Waals surface area contributed by atoms with E-state index in [1.807, 2.05) is 30.0 Å². The van der Waals surface area contributed by atoms with Crippen molar-refractivity contribution in [2.24, 2.45) is 11.7 Å². The molecule has 1 aliphatic heterocycles. The fourth-order valence-corrected chi connectivity index (χ4v) is 2.50. The number of hydrogen-bond donors (Lipinski definition) is 1. The van der Waals surface area contributed by atoms with E-state index in [1.54, 1.807) is 0 Å². The average Bonchev–Trinajstić information content (AvgIpc) is 2.87. The molecule has 1 heterocycles. The lowest BCUT2D eigenvalue weighted by Crippen LogP contribution is -2.33. The summed E-state index contributed by atoms with van der Waals surface area (Å²) in [6.45, 7) is 3.74. The molecule has 0 saturated carbocycles. The molecule has 18 heavy (non-hydrogen) atoms. The summed E-state index contributed by atoms with van der Waals surface area (Å²) in [5.41, 5.74) is 7.12. The smallest absolute Gasteiger partial charge is 0.222 e. The maximum Gasteiger partial charge on any atom is 0.222 e. The Morgan fingerprint density at radius 3 is 2.78 bits per heavy atom. The highest BCUT2D eigenvalue weighted by molar-refractivity contribution is 5.76. The third-order valence-corrected chi connectivity index (χ3v) is 3.79. The third kappa shape index (κ3) is 3.33. The monoisotopic (exact) mass is 246 g/mol.